The van der Waals surface area contributed by atoms with E-state index in [1.807, 2.05) is 40.1 Å². The monoisotopic (exact) mass is 421 g/mol. The summed E-state index contributed by atoms with van der Waals surface area (Å²) in [6.07, 6.45) is 1.50. The van der Waals surface area contributed by atoms with Crippen molar-refractivity contribution in [2.24, 2.45) is 0 Å². The Morgan fingerprint density at radius 1 is 0.966 bits per heavy atom. The first-order valence-electron chi connectivity index (χ1n) is 10.5. The molecule has 1 unspecified atom stereocenters. The van der Waals surface area contributed by atoms with Gasteiger partial charge in [-0.25, -0.2) is 0 Å². The quantitative estimate of drug-likeness (QED) is 0.756. The Morgan fingerprint density at radius 2 is 1.66 bits per heavy atom. The summed E-state index contributed by atoms with van der Waals surface area (Å²) in [6.45, 7) is 8.76. The van der Waals surface area contributed by atoms with E-state index < -0.39 is 0 Å². The normalized spacial score (nSPS) is 23.9. The van der Waals surface area contributed by atoms with Crippen LogP contribution in [0.3, 0.4) is 0 Å². The SMILES string of the molecule is Cl.O=C(CCN1CCN(C2CCN(c3ccccc3)C2=O)CC1)N1CCNCC1. The number of anilines is 1. The highest BCUT2D eigenvalue weighted by atomic mass is 35.5. The zero-order valence-corrected chi connectivity index (χ0v) is 17.8. The number of piperazine rings is 2. The van der Waals surface area contributed by atoms with Crippen LogP contribution in [0.5, 0.6) is 0 Å². The second-order valence-corrected chi connectivity index (χ2v) is 7.89. The van der Waals surface area contributed by atoms with Gasteiger partial charge in [0.25, 0.3) is 0 Å². The molecule has 0 aliphatic carbocycles. The minimum Gasteiger partial charge on any atom is -0.340 e. The fraction of sp³-hybridized carbons (Fsp3) is 0.619. The molecule has 4 rings (SSSR count). The molecule has 0 radical (unpaired) electrons. The topological polar surface area (TPSA) is 59.1 Å². The number of rotatable bonds is 5. The summed E-state index contributed by atoms with van der Waals surface area (Å²) < 4.78 is 0. The van der Waals surface area contributed by atoms with E-state index in [1.54, 1.807) is 0 Å². The van der Waals surface area contributed by atoms with Crippen molar-refractivity contribution in [3.8, 4) is 0 Å². The number of halogens is 1. The minimum atomic E-state index is 0. The lowest BCUT2D eigenvalue weighted by molar-refractivity contribution is -0.132. The van der Waals surface area contributed by atoms with Crippen LogP contribution in [0.1, 0.15) is 12.8 Å². The maximum Gasteiger partial charge on any atom is 0.244 e. The lowest BCUT2D eigenvalue weighted by atomic mass is 10.1. The predicted octanol–water partition coefficient (Wildman–Crippen LogP) is 0.653. The first-order valence-corrected chi connectivity index (χ1v) is 10.5. The van der Waals surface area contributed by atoms with Gasteiger partial charge in [-0.15, -0.1) is 12.4 Å². The van der Waals surface area contributed by atoms with Crippen molar-refractivity contribution in [2.45, 2.75) is 18.9 Å². The Labute approximate surface area is 179 Å². The van der Waals surface area contributed by atoms with Crippen molar-refractivity contribution in [1.29, 1.82) is 0 Å². The molecular formula is C21H32ClN5O2. The van der Waals surface area contributed by atoms with Gasteiger partial charge in [0.2, 0.25) is 11.8 Å². The molecule has 3 saturated heterocycles. The number of hydrogen-bond acceptors (Lipinski definition) is 5. The van der Waals surface area contributed by atoms with Crippen molar-refractivity contribution < 1.29 is 9.59 Å². The van der Waals surface area contributed by atoms with Gasteiger partial charge < -0.3 is 20.0 Å². The van der Waals surface area contributed by atoms with Crippen molar-refractivity contribution in [1.82, 2.24) is 20.0 Å². The first-order chi connectivity index (χ1) is 13.7. The molecule has 160 valence electrons. The molecular weight excluding hydrogens is 390 g/mol. The van der Waals surface area contributed by atoms with Gasteiger partial charge in [-0.05, 0) is 18.6 Å². The fourth-order valence-electron chi connectivity index (χ4n) is 4.49. The molecule has 0 bridgehead atoms. The van der Waals surface area contributed by atoms with E-state index in [4.69, 9.17) is 0 Å². The molecule has 1 aromatic rings. The second kappa shape index (κ2) is 10.4. The minimum absolute atomic E-state index is 0. The van der Waals surface area contributed by atoms with E-state index in [0.717, 1.165) is 77.6 Å². The van der Waals surface area contributed by atoms with Crippen LogP contribution in [0.25, 0.3) is 0 Å². The smallest absolute Gasteiger partial charge is 0.244 e. The summed E-state index contributed by atoms with van der Waals surface area (Å²) in [7, 11) is 0. The van der Waals surface area contributed by atoms with E-state index in [1.165, 1.54) is 0 Å². The van der Waals surface area contributed by atoms with Crippen LogP contribution in [0.2, 0.25) is 0 Å². The number of nitrogens with one attached hydrogen (secondary N) is 1. The van der Waals surface area contributed by atoms with E-state index in [9.17, 15) is 9.59 Å². The van der Waals surface area contributed by atoms with Crippen LogP contribution in [-0.4, -0.2) is 98.0 Å². The number of nitrogens with zero attached hydrogens (tertiary/aromatic N) is 4. The molecule has 3 aliphatic heterocycles. The van der Waals surface area contributed by atoms with Crippen LogP contribution in [0.15, 0.2) is 30.3 Å². The Morgan fingerprint density at radius 3 is 2.34 bits per heavy atom. The molecule has 1 aromatic carbocycles. The predicted molar refractivity (Wildman–Crippen MR) is 117 cm³/mol. The van der Waals surface area contributed by atoms with Gasteiger partial charge in [0.15, 0.2) is 0 Å². The highest BCUT2D eigenvalue weighted by Crippen LogP contribution is 2.24. The summed E-state index contributed by atoms with van der Waals surface area (Å²) in [5.41, 5.74) is 1.00. The largest absolute Gasteiger partial charge is 0.340 e. The number of hydrogen-bond donors (Lipinski definition) is 1. The van der Waals surface area contributed by atoms with Gasteiger partial charge in [0, 0.05) is 77.6 Å². The van der Waals surface area contributed by atoms with Gasteiger partial charge in [-0.3, -0.25) is 14.5 Å². The average molecular weight is 422 g/mol. The summed E-state index contributed by atoms with van der Waals surface area (Å²) >= 11 is 0. The number of para-hydroxylation sites is 1. The van der Waals surface area contributed by atoms with Crippen LogP contribution < -0.4 is 10.2 Å². The van der Waals surface area contributed by atoms with Gasteiger partial charge in [0.1, 0.15) is 0 Å². The van der Waals surface area contributed by atoms with Crippen LogP contribution in [-0.2, 0) is 9.59 Å². The third-order valence-electron chi connectivity index (χ3n) is 6.20. The molecule has 1 N–H and O–H groups in total. The number of carbonyl (C=O) groups excluding carboxylic acids is 2. The van der Waals surface area contributed by atoms with Gasteiger partial charge in [-0.1, -0.05) is 18.2 Å². The van der Waals surface area contributed by atoms with E-state index >= 15 is 0 Å². The number of amides is 2. The van der Waals surface area contributed by atoms with Crippen molar-refractivity contribution >= 4 is 29.9 Å². The maximum absolute atomic E-state index is 12.9. The molecule has 2 amide bonds. The molecule has 3 heterocycles. The number of carbonyl (C=O) groups is 2. The number of benzene rings is 1. The van der Waals surface area contributed by atoms with Gasteiger partial charge in [0.05, 0.1) is 6.04 Å². The zero-order valence-electron chi connectivity index (χ0n) is 17.0. The maximum atomic E-state index is 12.9. The van der Waals surface area contributed by atoms with Gasteiger partial charge in [-0.2, -0.15) is 0 Å². The third-order valence-corrected chi connectivity index (χ3v) is 6.20. The summed E-state index contributed by atoms with van der Waals surface area (Å²) in [6, 6.07) is 9.96. The van der Waals surface area contributed by atoms with Crippen molar-refractivity contribution in [3.05, 3.63) is 30.3 Å². The molecule has 3 aliphatic rings. The molecule has 1 atom stereocenters. The molecule has 0 spiro atoms. The standard InChI is InChI=1S/C21H31N5O2.ClH/c27-20(25-12-8-22-9-13-25)7-10-23-14-16-24(17-15-23)19-6-11-26(21(19)28)18-4-2-1-3-5-18;/h1-5,19,22H,6-17H2;1H. The van der Waals surface area contributed by atoms with E-state index in [2.05, 4.69) is 15.1 Å². The highest BCUT2D eigenvalue weighted by Gasteiger charge is 2.37. The highest BCUT2D eigenvalue weighted by molar-refractivity contribution is 5.99. The fourth-order valence-corrected chi connectivity index (χ4v) is 4.49. The van der Waals surface area contributed by atoms with Crippen LogP contribution in [0.4, 0.5) is 5.69 Å². The molecule has 7 nitrogen and oxygen atoms in total. The zero-order chi connectivity index (χ0) is 19.3. The Hall–Kier alpha value is -1.67. The van der Waals surface area contributed by atoms with E-state index in [0.29, 0.717) is 6.42 Å². The molecule has 0 saturated carbocycles. The van der Waals surface area contributed by atoms with Gasteiger partial charge >= 0.3 is 0 Å². The lowest BCUT2D eigenvalue weighted by Crippen LogP contribution is -2.53. The molecule has 0 aromatic heterocycles. The first kappa shape index (κ1) is 22.0. The Kier molecular flexibility index (Phi) is 7.89. The van der Waals surface area contributed by atoms with E-state index in [-0.39, 0.29) is 30.3 Å². The summed E-state index contributed by atoms with van der Waals surface area (Å²) in [5.74, 6) is 0.502. The second-order valence-electron chi connectivity index (χ2n) is 7.89. The summed E-state index contributed by atoms with van der Waals surface area (Å²) in [5, 5.41) is 3.28. The van der Waals surface area contributed by atoms with Crippen LogP contribution >= 0.6 is 12.4 Å². The van der Waals surface area contributed by atoms with Crippen molar-refractivity contribution in [3.63, 3.8) is 0 Å². The van der Waals surface area contributed by atoms with Crippen LogP contribution in [0, 0.1) is 0 Å². The molecule has 29 heavy (non-hydrogen) atoms. The lowest BCUT2D eigenvalue weighted by Gasteiger charge is -2.37. The summed E-state index contributed by atoms with van der Waals surface area (Å²) in [4.78, 5) is 33.8. The Balaban J connectivity index is 0.00000240. The van der Waals surface area contributed by atoms with Crippen molar-refractivity contribution in [2.75, 3.05) is 70.3 Å². The average Bonchev–Trinajstić information content (AvgIpc) is 3.15. The third kappa shape index (κ3) is 5.28. The Bertz CT molecular complexity index is 675. The molecule has 8 heteroatoms. The molecule has 3 fully saturated rings.